The lowest BCUT2D eigenvalue weighted by molar-refractivity contribution is -0.151. The quantitative estimate of drug-likeness (QED) is 0.659. The number of aliphatic carboxylic acids is 1. The molecule has 1 saturated heterocycles. The predicted molar refractivity (Wildman–Crippen MR) is 68.5 cm³/mol. The van der Waals surface area contributed by atoms with Crippen molar-refractivity contribution in [3.8, 4) is 0 Å². The van der Waals surface area contributed by atoms with Crippen LogP contribution in [0.2, 0.25) is 0 Å². The summed E-state index contributed by atoms with van der Waals surface area (Å²) in [5.41, 5.74) is 0. The van der Waals surface area contributed by atoms with Crippen molar-refractivity contribution in [1.29, 1.82) is 0 Å². The highest BCUT2D eigenvalue weighted by atomic mass is 16.4. The minimum absolute atomic E-state index is 0.0266. The second kappa shape index (κ2) is 6.51. The molecular formula is C12H21N3O4. The van der Waals surface area contributed by atoms with Gasteiger partial charge in [-0.3, -0.25) is 19.3 Å². The number of hydrogen-bond acceptors (Lipinski definition) is 4. The Bertz CT molecular complexity index is 362. The number of carbonyl (C=O) groups excluding carboxylic acids is 2. The van der Waals surface area contributed by atoms with E-state index in [1.807, 2.05) is 4.90 Å². The van der Waals surface area contributed by atoms with Gasteiger partial charge in [0, 0.05) is 40.3 Å². The van der Waals surface area contributed by atoms with Gasteiger partial charge >= 0.3 is 5.97 Å². The average Bonchev–Trinajstić information content (AvgIpc) is 2.37. The third kappa shape index (κ3) is 4.20. The van der Waals surface area contributed by atoms with Crippen LogP contribution in [0, 0.1) is 5.92 Å². The minimum atomic E-state index is -1.10. The van der Waals surface area contributed by atoms with E-state index in [0.717, 1.165) is 0 Å². The summed E-state index contributed by atoms with van der Waals surface area (Å²) in [5, 5.41) is 8.81. The molecule has 1 rings (SSSR count). The van der Waals surface area contributed by atoms with Gasteiger partial charge in [-0.05, 0) is 6.92 Å². The summed E-state index contributed by atoms with van der Waals surface area (Å²) in [7, 11) is 3.41. The molecule has 0 aromatic rings. The summed E-state index contributed by atoms with van der Waals surface area (Å²) < 4.78 is 0. The third-order valence-corrected chi connectivity index (χ3v) is 3.28. The van der Waals surface area contributed by atoms with E-state index in [9.17, 15) is 14.4 Å². The largest absolute Gasteiger partial charge is 0.481 e. The first-order chi connectivity index (χ1) is 8.82. The van der Waals surface area contributed by atoms with Crippen molar-refractivity contribution in [2.75, 3.05) is 46.8 Å². The monoisotopic (exact) mass is 271 g/mol. The number of carboxylic acids is 1. The Labute approximate surface area is 112 Å². The van der Waals surface area contributed by atoms with Gasteiger partial charge in [-0.25, -0.2) is 0 Å². The van der Waals surface area contributed by atoms with Crippen LogP contribution in [0.5, 0.6) is 0 Å². The highest BCUT2D eigenvalue weighted by Gasteiger charge is 2.29. The van der Waals surface area contributed by atoms with E-state index in [4.69, 9.17) is 5.11 Å². The van der Waals surface area contributed by atoms with Crippen LogP contribution in [0.3, 0.4) is 0 Å². The van der Waals surface area contributed by atoms with Gasteiger partial charge in [0.2, 0.25) is 11.8 Å². The molecule has 0 spiro atoms. The molecule has 19 heavy (non-hydrogen) atoms. The lowest BCUT2D eigenvalue weighted by Gasteiger charge is -2.35. The van der Waals surface area contributed by atoms with Crippen molar-refractivity contribution >= 4 is 17.8 Å². The summed E-state index contributed by atoms with van der Waals surface area (Å²) in [6.07, 6.45) is 0. The van der Waals surface area contributed by atoms with Gasteiger partial charge in [0.05, 0.1) is 6.54 Å². The predicted octanol–water partition coefficient (Wildman–Crippen LogP) is -1.06. The zero-order valence-electron chi connectivity index (χ0n) is 11.6. The van der Waals surface area contributed by atoms with E-state index in [1.165, 1.54) is 11.8 Å². The molecule has 108 valence electrons. The van der Waals surface area contributed by atoms with Crippen molar-refractivity contribution < 1.29 is 19.5 Å². The summed E-state index contributed by atoms with van der Waals surface area (Å²) in [6, 6.07) is 0. The van der Waals surface area contributed by atoms with E-state index in [-0.39, 0.29) is 11.8 Å². The van der Waals surface area contributed by atoms with Crippen molar-refractivity contribution in [3.63, 3.8) is 0 Å². The van der Waals surface area contributed by atoms with Gasteiger partial charge in [-0.1, -0.05) is 0 Å². The zero-order valence-corrected chi connectivity index (χ0v) is 11.6. The molecule has 7 heteroatoms. The number of rotatable bonds is 4. The number of likely N-dealkylation sites (N-methyl/N-ethyl adjacent to an activating group) is 1. The van der Waals surface area contributed by atoms with Crippen LogP contribution >= 0.6 is 0 Å². The molecule has 0 aromatic heterocycles. The molecule has 1 fully saturated rings. The average molecular weight is 271 g/mol. The second-order valence-electron chi connectivity index (χ2n) is 4.95. The Morgan fingerprint density at radius 1 is 1.16 bits per heavy atom. The number of piperazine rings is 1. The summed E-state index contributed by atoms with van der Waals surface area (Å²) in [5.74, 6) is -2.44. The van der Waals surface area contributed by atoms with E-state index < -0.39 is 11.9 Å². The second-order valence-corrected chi connectivity index (χ2v) is 4.95. The standard InChI is InChI=1S/C12H21N3O4/c1-9(12(18)19)11(17)15-6-4-14(5-7-15)8-10(16)13(2)3/h9H,4-8H2,1-3H3,(H,18,19). The molecule has 1 unspecified atom stereocenters. The van der Waals surface area contributed by atoms with Crippen LogP contribution in [-0.4, -0.2) is 84.4 Å². The van der Waals surface area contributed by atoms with Gasteiger partial charge in [-0.2, -0.15) is 0 Å². The van der Waals surface area contributed by atoms with Crippen molar-refractivity contribution in [2.24, 2.45) is 5.92 Å². The number of amides is 2. The maximum atomic E-state index is 11.8. The third-order valence-electron chi connectivity index (χ3n) is 3.28. The zero-order chi connectivity index (χ0) is 14.6. The molecule has 7 nitrogen and oxygen atoms in total. The Hall–Kier alpha value is -1.63. The van der Waals surface area contributed by atoms with Crippen LogP contribution in [0.1, 0.15) is 6.92 Å². The molecule has 0 aliphatic carbocycles. The van der Waals surface area contributed by atoms with Crippen molar-refractivity contribution in [2.45, 2.75) is 6.92 Å². The van der Waals surface area contributed by atoms with Gasteiger partial charge in [-0.15, -0.1) is 0 Å². The molecule has 0 bridgehead atoms. The Balaban J connectivity index is 2.43. The highest BCUT2D eigenvalue weighted by Crippen LogP contribution is 2.08. The molecule has 1 aliphatic heterocycles. The molecule has 0 saturated carbocycles. The van der Waals surface area contributed by atoms with E-state index >= 15 is 0 Å². The molecule has 2 amide bonds. The molecule has 0 radical (unpaired) electrons. The smallest absolute Gasteiger partial charge is 0.315 e. The molecule has 1 aliphatic rings. The summed E-state index contributed by atoms with van der Waals surface area (Å²) in [6.45, 7) is 3.86. The SMILES string of the molecule is CC(C(=O)O)C(=O)N1CCN(CC(=O)N(C)C)CC1. The van der Waals surface area contributed by atoms with Crippen LogP contribution in [-0.2, 0) is 14.4 Å². The van der Waals surface area contributed by atoms with Crippen LogP contribution in [0.25, 0.3) is 0 Å². The van der Waals surface area contributed by atoms with Gasteiger partial charge in [0.1, 0.15) is 5.92 Å². The fourth-order valence-corrected chi connectivity index (χ4v) is 1.84. The fourth-order valence-electron chi connectivity index (χ4n) is 1.84. The van der Waals surface area contributed by atoms with Crippen LogP contribution in [0.4, 0.5) is 0 Å². The number of carboxylic acid groups (broad SMARTS) is 1. The van der Waals surface area contributed by atoms with Crippen LogP contribution in [0.15, 0.2) is 0 Å². The minimum Gasteiger partial charge on any atom is -0.481 e. The van der Waals surface area contributed by atoms with E-state index in [2.05, 4.69) is 0 Å². The van der Waals surface area contributed by atoms with E-state index in [1.54, 1.807) is 19.0 Å². The fraction of sp³-hybridized carbons (Fsp3) is 0.750. The molecule has 1 N–H and O–H groups in total. The number of nitrogens with zero attached hydrogens (tertiary/aromatic N) is 3. The van der Waals surface area contributed by atoms with Crippen molar-refractivity contribution in [3.05, 3.63) is 0 Å². The normalized spacial score (nSPS) is 17.9. The Morgan fingerprint density at radius 3 is 2.11 bits per heavy atom. The number of hydrogen-bond donors (Lipinski definition) is 1. The maximum Gasteiger partial charge on any atom is 0.315 e. The Morgan fingerprint density at radius 2 is 1.68 bits per heavy atom. The Kier molecular flexibility index (Phi) is 5.29. The van der Waals surface area contributed by atoms with Gasteiger partial charge in [0.25, 0.3) is 0 Å². The van der Waals surface area contributed by atoms with E-state index in [0.29, 0.717) is 32.7 Å². The van der Waals surface area contributed by atoms with Gasteiger partial charge in [0.15, 0.2) is 0 Å². The first-order valence-electron chi connectivity index (χ1n) is 6.27. The first-order valence-corrected chi connectivity index (χ1v) is 6.27. The lowest BCUT2D eigenvalue weighted by Crippen LogP contribution is -2.52. The lowest BCUT2D eigenvalue weighted by atomic mass is 10.1. The van der Waals surface area contributed by atoms with Crippen LogP contribution < -0.4 is 0 Å². The highest BCUT2D eigenvalue weighted by molar-refractivity contribution is 5.96. The molecule has 0 aromatic carbocycles. The summed E-state index contributed by atoms with van der Waals surface area (Å²) >= 11 is 0. The molecular weight excluding hydrogens is 250 g/mol. The number of carbonyl (C=O) groups is 3. The molecule has 1 heterocycles. The summed E-state index contributed by atoms with van der Waals surface area (Å²) in [4.78, 5) is 39.2. The molecule has 1 atom stereocenters. The maximum absolute atomic E-state index is 11.8. The first kappa shape index (κ1) is 15.4. The van der Waals surface area contributed by atoms with Gasteiger partial charge < -0.3 is 14.9 Å². The topological polar surface area (TPSA) is 81.2 Å². The van der Waals surface area contributed by atoms with Crippen molar-refractivity contribution in [1.82, 2.24) is 14.7 Å².